The largest absolute Gasteiger partial charge is 0.278 e. The van der Waals surface area contributed by atoms with Gasteiger partial charge in [-0.3, -0.25) is 10.4 Å². The average molecular weight is 266 g/mol. The zero-order valence-electron chi connectivity index (χ0n) is 8.77. The van der Waals surface area contributed by atoms with Crippen molar-refractivity contribution in [2.45, 2.75) is 0 Å². The Kier molecular flexibility index (Phi) is 3.96. The van der Waals surface area contributed by atoms with Gasteiger partial charge < -0.3 is 0 Å². The van der Waals surface area contributed by atoms with E-state index in [0.717, 1.165) is 11.4 Å². The number of rotatable bonds is 3. The van der Waals surface area contributed by atoms with Gasteiger partial charge in [0.1, 0.15) is 0 Å². The minimum absolute atomic E-state index is 0.490. The molecule has 0 saturated carbocycles. The Balaban J connectivity index is 2.03. The van der Waals surface area contributed by atoms with Crippen LogP contribution in [-0.2, 0) is 0 Å². The minimum Gasteiger partial charge on any atom is -0.278 e. The summed E-state index contributed by atoms with van der Waals surface area (Å²) in [5, 5.41) is 5.05. The lowest BCUT2D eigenvalue weighted by molar-refractivity contribution is 1.28. The Morgan fingerprint density at radius 2 is 2.00 bits per heavy atom. The van der Waals surface area contributed by atoms with Crippen LogP contribution in [0.1, 0.15) is 5.69 Å². The number of anilines is 1. The van der Waals surface area contributed by atoms with Crippen LogP contribution in [0.4, 0.5) is 5.69 Å². The van der Waals surface area contributed by atoms with Crippen molar-refractivity contribution in [3.05, 3.63) is 58.3 Å². The lowest BCUT2D eigenvalue weighted by atomic mass is 10.3. The summed E-state index contributed by atoms with van der Waals surface area (Å²) in [5.74, 6) is 0. The lowest BCUT2D eigenvalue weighted by Crippen LogP contribution is -1.92. The van der Waals surface area contributed by atoms with Crippen LogP contribution < -0.4 is 5.43 Å². The van der Waals surface area contributed by atoms with Crippen molar-refractivity contribution in [1.82, 2.24) is 4.98 Å². The molecule has 0 saturated heterocycles. The Morgan fingerprint density at radius 1 is 1.12 bits per heavy atom. The second-order valence-corrected chi connectivity index (χ2v) is 4.07. The molecule has 0 bridgehead atoms. The maximum absolute atomic E-state index is 5.87. The molecule has 5 heteroatoms. The van der Waals surface area contributed by atoms with Crippen LogP contribution in [0.3, 0.4) is 0 Å². The van der Waals surface area contributed by atoms with Gasteiger partial charge in [-0.2, -0.15) is 5.10 Å². The molecular formula is C12H9Cl2N3. The molecule has 2 aromatic rings. The van der Waals surface area contributed by atoms with E-state index in [0.29, 0.717) is 10.0 Å². The third-order valence-corrected chi connectivity index (χ3v) is 2.74. The van der Waals surface area contributed by atoms with Crippen LogP contribution in [-0.4, -0.2) is 11.2 Å². The standard InChI is InChI=1S/C12H9Cl2N3/c13-11-5-4-9(7-12(11)14)17-16-8-10-3-1-2-6-15-10/h1-8,17H/b16-8-. The zero-order valence-corrected chi connectivity index (χ0v) is 10.3. The highest BCUT2D eigenvalue weighted by molar-refractivity contribution is 6.42. The first-order chi connectivity index (χ1) is 8.25. The third-order valence-electron chi connectivity index (χ3n) is 2.00. The first-order valence-electron chi connectivity index (χ1n) is 4.91. The second kappa shape index (κ2) is 5.66. The number of hydrogen-bond acceptors (Lipinski definition) is 3. The van der Waals surface area contributed by atoms with E-state index in [4.69, 9.17) is 23.2 Å². The van der Waals surface area contributed by atoms with Crippen LogP contribution in [0.5, 0.6) is 0 Å². The van der Waals surface area contributed by atoms with Crippen LogP contribution in [0, 0.1) is 0 Å². The number of pyridine rings is 1. The van der Waals surface area contributed by atoms with Gasteiger partial charge in [0, 0.05) is 6.20 Å². The van der Waals surface area contributed by atoms with Gasteiger partial charge in [0.05, 0.1) is 27.6 Å². The molecule has 3 nitrogen and oxygen atoms in total. The van der Waals surface area contributed by atoms with Crippen LogP contribution in [0.15, 0.2) is 47.7 Å². The molecule has 0 amide bonds. The summed E-state index contributed by atoms with van der Waals surface area (Å²) in [4.78, 5) is 4.11. The molecule has 0 unspecified atom stereocenters. The van der Waals surface area contributed by atoms with Crippen LogP contribution in [0.25, 0.3) is 0 Å². The Morgan fingerprint density at radius 3 is 2.71 bits per heavy atom. The molecule has 0 radical (unpaired) electrons. The monoisotopic (exact) mass is 265 g/mol. The number of hydrazone groups is 1. The van der Waals surface area contributed by atoms with E-state index in [1.165, 1.54) is 0 Å². The van der Waals surface area contributed by atoms with E-state index < -0.39 is 0 Å². The number of aromatic nitrogens is 1. The number of benzene rings is 1. The summed E-state index contributed by atoms with van der Waals surface area (Å²) >= 11 is 11.7. The lowest BCUT2D eigenvalue weighted by Gasteiger charge is -2.01. The quantitative estimate of drug-likeness (QED) is 0.677. The predicted molar refractivity (Wildman–Crippen MR) is 71.9 cm³/mol. The SMILES string of the molecule is Clc1ccc(N/N=C\c2ccccn2)cc1Cl. The van der Waals surface area contributed by atoms with Gasteiger partial charge >= 0.3 is 0 Å². The van der Waals surface area contributed by atoms with Gasteiger partial charge in [0.15, 0.2) is 0 Å². The highest BCUT2D eigenvalue weighted by Gasteiger charge is 1.97. The van der Waals surface area contributed by atoms with Gasteiger partial charge in [0.2, 0.25) is 0 Å². The van der Waals surface area contributed by atoms with E-state index in [1.54, 1.807) is 30.6 Å². The van der Waals surface area contributed by atoms with Gasteiger partial charge in [-0.05, 0) is 30.3 Å². The summed E-state index contributed by atoms with van der Waals surface area (Å²) in [5.41, 5.74) is 4.40. The topological polar surface area (TPSA) is 37.3 Å². The van der Waals surface area contributed by atoms with Crippen molar-refractivity contribution in [2.75, 3.05) is 5.43 Å². The molecular weight excluding hydrogens is 257 g/mol. The highest BCUT2D eigenvalue weighted by Crippen LogP contribution is 2.24. The zero-order chi connectivity index (χ0) is 12.1. The first-order valence-corrected chi connectivity index (χ1v) is 5.66. The molecule has 17 heavy (non-hydrogen) atoms. The van der Waals surface area contributed by atoms with E-state index in [9.17, 15) is 0 Å². The van der Waals surface area contributed by atoms with Gasteiger partial charge in [-0.25, -0.2) is 0 Å². The van der Waals surface area contributed by atoms with Crippen molar-refractivity contribution in [2.24, 2.45) is 5.10 Å². The molecule has 0 aliphatic rings. The Labute approximate surface area is 109 Å². The van der Waals surface area contributed by atoms with E-state index in [-0.39, 0.29) is 0 Å². The molecule has 0 aliphatic carbocycles. The molecule has 0 spiro atoms. The Bertz CT molecular complexity index is 527. The molecule has 2 rings (SSSR count). The molecule has 0 atom stereocenters. The predicted octanol–water partition coefficient (Wildman–Crippen LogP) is 3.83. The van der Waals surface area contributed by atoms with Crippen LogP contribution in [0.2, 0.25) is 10.0 Å². The molecule has 1 N–H and O–H groups in total. The van der Waals surface area contributed by atoms with Crippen molar-refractivity contribution < 1.29 is 0 Å². The van der Waals surface area contributed by atoms with E-state index in [1.807, 2.05) is 18.2 Å². The molecule has 0 aliphatic heterocycles. The normalized spacial score (nSPS) is 10.7. The first kappa shape index (κ1) is 11.9. The summed E-state index contributed by atoms with van der Waals surface area (Å²) in [7, 11) is 0. The van der Waals surface area contributed by atoms with Gasteiger partial charge in [-0.15, -0.1) is 0 Å². The van der Waals surface area contributed by atoms with Gasteiger partial charge in [-0.1, -0.05) is 29.3 Å². The van der Waals surface area contributed by atoms with Crippen LogP contribution >= 0.6 is 23.2 Å². The molecule has 0 fully saturated rings. The van der Waals surface area contributed by atoms with Crippen molar-refractivity contribution >= 4 is 35.1 Å². The van der Waals surface area contributed by atoms with Crippen molar-refractivity contribution in [1.29, 1.82) is 0 Å². The number of nitrogens with one attached hydrogen (secondary N) is 1. The summed E-state index contributed by atoms with van der Waals surface area (Å²) in [6, 6.07) is 10.8. The Hall–Kier alpha value is -1.58. The fourth-order valence-electron chi connectivity index (χ4n) is 1.19. The van der Waals surface area contributed by atoms with Crippen molar-refractivity contribution in [3.63, 3.8) is 0 Å². The minimum atomic E-state index is 0.490. The summed E-state index contributed by atoms with van der Waals surface area (Å²) in [6.07, 6.45) is 3.34. The highest BCUT2D eigenvalue weighted by atomic mass is 35.5. The molecule has 1 heterocycles. The molecule has 86 valence electrons. The summed E-state index contributed by atoms with van der Waals surface area (Å²) < 4.78 is 0. The molecule has 1 aromatic heterocycles. The fraction of sp³-hybridized carbons (Fsp3) is 0. The van der Waals surface area contributed by atoms with E-state index >= 15 is 0 Å². The van der Waals surface area contributed by atoms with Crippen molar-refractivity contribution in [3.8, 4) is 0 Å². The second-order valence-electron chi connectivity index (χ2n) is 3.25. The van der Waals surface area contributed by atoms with Gasteiger partial charge in [0.25, 0.3) is 0 Å². The maximum atomic E-state index is 5.87. The average Bonchev–Trinajstić information content (AvgIpc) is 2.35. The number of hydrogen-bond donors (Lipinski definition) is 1. The molecule has 1 aromatic carbocycles. The number of halogens is 2. The van der Waals surface area contributed by atoms with E-state index in [2.05, 4.69) is 15.5 Å². The fourth-order valence-corrected chi connectivity index (χ4v) is 1.49. The third kappa shape index (κ3) is 3.44. The maximum Gasteiger partial charge on any atom is 0.0830 e. The summed E-state index contributed by atoms with van der Waals surface area (Å²) in [6.45, 7) is 0. The smallest absolute Gasteiger partial charge is 0.0830 e. The number of nitrogens with zero attached hydrogens (tertiary/aromatic N) is 2.